The van der Waals surface area contributed by atoms with E-state index in [-0.39, 0.29) is 11.9 Å². The predicted octanol–water partition coefficient (Wildman–Crippen LogP) is 2.59. The summed E-state index contributed by atoms with van der Waals surface area (Å²) in [7, 11) is 3.43. The molecule has 0 aliphatic carbocycles. The van der Waals surface area contributed by atoms with Crippen LogP contribution in [0.15, 0.2) is 24.3 Å². The number of carbonyl (C=O) groups excluding carboxylic acids is 1. The molecule has 4 heteroatoms. The topological polar surface area (TPSA) is 55.6 Å². The highest BCUT2D eigenvalue weighted by atomic mass is 16.5. The van der Waals surface area contributed by atoms with Crippen LogP contribution >= 0.6 is 0 Å². The standard InChI is InChI=1S/C16H26N2O2/c1-11(2)10-14(17)16(19)18(4)12(3)13-8-6-7-9-15(13)20-5/h6-9,11-12,14H,10,17H2,1-5H3. The lowest BCUT2D eigenvalue weighted by molar-refractivity contribution is -0.133. The van der Waals surface area contributed by atoms with Gasteiger partial charge in [0.25, 0.3) is 0 Å². The molecule has 4 nitrogen and oxygen atoms in total. The van der Waals surface area contributed by atoms with Crippen LogP contribution < -0.4 is 10.5 Å². The molecule has 0 saturated carbocycles. The monoisotopic (exact) mass is 278 g/mol. The van der Waals surface area contributed by atoms with E-state index in [1.54, 1.807) is 19.1 Å². The molecule has 0 aliphatic heterocycles. The van der Waals surface area contributed by atoms with E-state index in [1.165, 1.54) is 0 Å². The van der Waals surface area contributed by atoms with Gasteiger partial charge in [-0.1, -0.05) is 32.0 Å². The van der Waals surface area contributed by atoms with Gasteiger partial charge in [-0.05, 0) is 25.3 Å². The van der Waals surface area contributed by atoms with Gasteiger partial charge in [0.2, 0.25) is 5.91 Å². The number of carbonyl (C=O) groups is 1. The zero-order valence-corrected chi connectivity index (χ0v) is 13.1. The molecule has 20 heavy (non-hydrogen) atoms. The average Bonchev–Trinajstić information content (AvgIpc) is 2.44. The number of hydrogen-bond donors (Lipinski definition) is 1. The van der Waals surface area contributed by atoms with Gasteiger partial charge in [0.15, 0.2) is 0 Å². The van der Waals surface area contributed by atoms with Crippen LogP contribution in [0.2, 0.25) is 0 Å². The van der Waals surface area contributed by atoms with Crippen LogP contribution in [-0.4, -0.2) is 31.0 Å². The fraction of sp³-hybridized carbons (Fsp3) is 0.562. The van der Waals surface area contributed by atoms with E-state index in [0.29, 0.717) is 12.3 Å². The normalized spacial score (nSPS) is 13.9. The summed E-state index contributed by atoms with van der Waals surface area (Å²) in [6, 6.07) is 7.22. The number of benzene rings is 1. The first-order valence-electron chi connectivity index (χ1n) is 7.03. The Morgan fingerprint density at radius 3 is 2.45 bits per heavy atom. The first-order valence-corrected chi connectivity index (χ1v) is 7.03. The minimum absolute atomic E-state index is 0.0305. The molecule has 0 spiro atoms. The van der Waals surface area contributed by atoms with Crippen molar-refractivity contribution in [3.63, 3.8) is 0 Å². The van der Waals surface area contributed by atoms with Gasteiger partial charge >= 0.3 is 0 Å². The molecule has 2 unspecified atom stereocenters. The van der Waals surface area contributed by atoms with Gasteiger partial charge in [0.05, 0.1) is 19.2 Å². The van der Waals surface area contributed by atoms with E-state index in [0.717, 1.165) is 11.3 Å². The molecule has 0 heterocycles. The summed E-state index contributed by atoms with van der Waals surface area (Å²) in [5.41, 5.74) is 6.97. The molecule has 112 valence electrons. The largest absolute Gasteiger partial charge is 0.496 e. The lowest BCUT2D eigenvalue weighted by Gasteiger charge is -2.29. The zero-order chi connectivity index (χ0) is 15.3. The number of likely N-dealkylation sites (N-methyl/N-ethyl adjacent to an activating group) is 1. The molecular formula is C16H26N2O2. The first kappa shape index (κ1) is 16.5. The van der Waals surface area contributed by atoms with E-state index in [2.05, 4.69) is 13.8 Å². The number of hydrogen-bond acceptors (Lipinski definition) is 3. The summed E-state index contributed by atoms with van der Waals surface area (Å²) >= 11 is 0. The summed E-state index contributed by atoms with van der Waals surface area (Å²) in [5.74, 6) is 1.16. The number of nitrogens with zero attached hydrogens (tertiary/aromatic N) is 1. The zero-order valence-electron chi connectivity index (χ0n) is 13.1. The summed E-state index contributed by atoms with van der Waals surface area (Å²) in [4.78, 5) is 14.1. The molecule has 0 aromatic heterocycles. The van der Waals surface area contributed by atoms with Crippen molar-refractivity contribution in [1.82, 2.24) is 4.90 Å². The number of nitrogens with two attached hydrogens (primary N) is 1. The fourth-order valence-corrected chi connectivity index (χ4v) is 2.28. The van der Waals surface area contributed by atoms with Gasteiger partial charge in [-0.15, -0.1) is 0 Å². The van der Waals surface area contributed by atoms with Crippen molar-refractivity contribution in [3.8, 4) is 5.75 Å². The first-order chi connectivity index (χ1) is 9.38. The van der Waals surface area contributed by atoms with Crippen LogP contribution in [0.25, 0.3) is 0 Å². The molecule has 0 radical (unpaired) electrons. The Morgan fingerprint density at radius 1 is 1.30 bits per heavy atom. The summed E-state index contributed by atoms with van der Waals surface area (Å²) in [6.07, 6.45) is 0.696. The van der Waals surface area contributed by atoms with Gasteiger partial charge in [-0.25, -0.2) is 0 Å². The van der Waals surface area contributed by atoms with Crippen LogP contribution in [0.5, 0.6) is 5.75 Å². The number of ether oxygens (including phenoxy) is 1. The van der Waals surface area contributed by atoms with Crippen LogP contribution in [-0.2, 0) is 4.79 Å². The molecule has 1 amide bonds. The summed E-state index contributed by atoms with van der Waals surface area (Å²) in [6.45, 7) is 6.12. The van der Waals surface area contributed by atoms with Gasteiger partial charge in [0.1, 0.15) is 5.75 Å². The van der Waals surface area contributed by atoms with Gasteiger partial charge in [0, 0.05) is 12.6 Å². The second kappa shape index (κ2) is 7.29. The number of rotatable bonds is 6. The van der Waals surface area contributed by atoms with E-state index >= 15 is 0 Å². The van der Waals surface area contributed by atoms with Crippen molar-refractivity contribution in [1.29, 1.82) is 0 Å². The minimum atomic E-state index is -0.447. The second-order valence-corrected chi connectivity index (χ2v) is 5.60. The molecule has 1 aromatic carbocycles. The van der Waals surface area contributed by atoms with Gasteiger partial charge in [-0.2, -0.15) is 0 Å². The SMILES string of the molecule is COc1ccccc1C(C)N(C)C(=O)C(N)CC(C)C. The van der Waals surface area contributed by atoms with E-state index in [9.17, 15) is 4.79 Å². The highest BCUT2D eigenvalue weighted by molar-refractivity contribution is 5.81. The molecule has 0 fully saturated rings. The lowest BCUT2D eigenvalue weighted by Crippen LogP contribution is -2.43. The van der Waals surface area contributed by atoms with Crippen LogP contribution in [0.4, 0.5) is 0 Å². The molecule has 0 saturated heterocycles. The Kier molecular flexibility index (Phi) is 6.02. The van der Waals surface area contributed by atoms with Crippen LogP contribution in [0.3, 0.4) is 0 Å². The quantitative estimate of drug-likeness (QED) is 0.870. The number of para-hydroxylation sites is 1. The number of amides is 1. The highest BCUT2D eigenvalue weighted by Gasteiger charge is 2.24. The van der Waals surface area contributed by atoms with Crippen molar-refractivity contribution in [2.75, 3.05) is 14.2 Å². The second-order valence-electron chi connectivity index (χ2n) is 5.60. The maximum atomic E-state index is 12.4. The Bertz CT molecular complexity index is 446. The number of methoxy groups -OCH3 is 1. The summed E-state index contributed by atoms with van der Waals surface area (Å²) in [5, 5.41) is 0. The average molecular weight is 278 g/mol. The molecule has 2 N–H and O–H groups in total. The van der Waals surface area contributed by atoms with Gasteiger partial charge in [-0.3, -0.25) is 4.79 Å². The van der Waals surface area contributed by atoms with Gasteiger partial charge < -0.3 is 15.4 Å². The van der Waals surface area contributed by atoms with Crippen LogP contribution in [0, 0.1) is 5.92 Å². The highest BCUT2D eigenvalue weighted by Crippen LogP contribution is 2.28. The lowest BCUT2D eigenvalue weighted by atomic mass is 10.0. The molecule has 1 aromatic rings. The van der Waals surface area contributed by atoms with Crippen LogP contribution in [0.1, 0.15) is 38.8 Å². The maximum Gasteiger partial charge on any atom is 0.239 e. The van der Waals surface area contributed by atoms with Crippen molar-refractivity contribution in [3.05, 3.63) is 29.8 Å². The molecule has 0 aliphatic rings. The van der Waals surface area contributed by atoms with Crippen molar-refractivity contribution < 1.29 is 9.53 Å². The third-order valence-corrected chi connectivity index (χ3v) is 3.56. The molecule has 2 atom stereocenters. The minimum Gasteiger partial charge on any atom is -0.496 e. The predicted molar refractivity (Wildman–Crippen MR) is 81.6 cm³/mol. The third-order valence-electron chi connectivity index (χ3n) is 3.56. The van der Waals surface area contributed by atoms with E-state index < -0.39 is 6.04 Å². The Labute approximate surface area is 121 Å². The molecule has 1 rings (SSSR count). The van der Waals surface area contributed by atoms with Crippen molar-refractivity contribution in [2.24, 2.45) is 11.7 Å². The maximum absolute atomic E-state index is 12.4. The Morgan fingerprint density at radius 2 is 1.90 bits per heavy atom. The van der Waals surface area contributed by atoms with Crippen molar-refractivity contribution >= 4 is 5.91 Å². The van der Waals surface area contributed by atoms with Crippen molar-refractivity contribution in [2.45, 2.75) is 39.3 Å². The molecular weight excluding hydrogens is 252 g/mol. The summed E-state index contributed by atoms with van der Waals surface area (Å²) < 4.78 is 5.35. The Hall–Kier alpha value is -1.55. The fourth-order valence-electron chi connectivity index (χ4n) is 2.28. The van der Waals surface area contributed by atoms with E-state index in [4.69, 9.17) is 10.5 Å². The smallest absolute Gasteiger partial charge is 0.239 e. The Balaban J connectivity index is 2.85. The van der Waals surface area contributed by atoms with E-state index in [1.807, 2.05) is 31.2 Å². The molecule has 0 bridgehead atoms. The third kappa shape index (κ3) is 3.97.